The Morgan fingerprint density at radius 2 is 2.53 bits per heavy atom. The Labute approximate surface area is 85.1 Å². The van der Waals surface area contributed by atoms with E-state index in [4.69, 9.17) is 4.74 Å². The van der Waals surface area contributed by atoms with Gasteiger partial charge in [0.2, 0.25) is 5.88 Å². The summed E-state index contributed by atoms with van der Waals surface area (Å²) in [5.41, 5.74) is 0.189. The molecule has 7 nitrogen and oxygen atoms in total. The van der Waals surface area contributed by atoms with Gasteiger partial charge in [-0.25, -0.2) is 19.3 Å². The first kappa shape index (κ1) is 9.66. The molecule has 0 spiro atoms. The highest BCUT2D eigenvalue weighted by Crippen LogP contribution is 2.06. The Kier molecular flexibility index (Phi) is 2.64. The molecule has 0 aliphatic carbocycles. The van der Waals surface area contributed by atoms with Crippen LogP contribution < -0.4 is 15.7 Å². The van der Waals surface area contributed by atoms with Gasteiger partial charge < -0.3 is 10.1 Å². The molecule has 80 valence electrons. The summed E-state index contributed by atoms with van der Waals surface area (Å²) in [5.74, 6) is 0.455. The highest BCUT2D eigenvalue weighted by Gasteiger charge is 2.02. The predicted octanol–water partition coefficient (Wildman–Crippen LogP) is -0.984. The number of hydrogen-bond acceptors (Lipinski definition) is 5. The van der Waals surface area contributed by atoms with Crippen LogP contribution in [0.4, 0.5) is 0 Å². The Morgan fingerprint density at radius 3 is 3.33 bits per heavy atom. The van der Waals surface area contributed by atoms with Crippen molar-refractivity contribution in [1.29, 1.82) is 0 Å². The van der Waals surface area contributed by atoms with Crippen LogP contribution in [0.5, 0.6) is 5.88 Å². The van der Waals surface area contributed by atoms with Gasteiger partial charge in [-0.05, 0) is 7.05 Å². The molecule has 0 radical (unpaired) electrons. The zero-order chi connectivity index (χ0) is 10.7. The van der Waals surface area contributed by atoms with Gasteiger partial charge in [-0.3, -0.25) is 0 Å². The normalized spacial score (nSPS) is 10.7. The van der Waals surface area contributed by atoms with Crippen molar-refractivity contribution in [1.82, 2.24) is 24.9 Å². The van der Waals surface area contributed by atoms with Gasteiger partial charge in [-0.1, -0.05) is 0 Å². The summed E-state index contributed by atoms with van der Waals surface area (Å²) < 4.78 is 6.63. The molecule has 2 N–H and O–H groups in total. The van der Waals surface area contributed by atoms with E-state index in [2.05, 4.69) is 20.5 Å². The summed E-state index contributed by atoms with van der Waals surface area (Å²) in [6.45, 7) is 1.26. The van der Waals surface area contributed by atoms with Crippen LogP contribution >= 0.6 is 0 Å². The Morgan fingerprint density at radius 1 is 1.67 bits per heavy atom. The van der Waals surface area contributed by atoms with Crippen LogP contribution in [0.1, 0.15) is 0 Å². The molecule has 0 saturated heterocycles. The largest absolute Gasteiger partial charge is 0.476 e. The summed E-state index contributed by atoms with van der Waals surface area (Å²) in [6.07, 6.45) is 1.38. The van der Waals surface area contributed by atoms with E-state index in [1.165, 1.54) is 10.7 Å². The molecule has 0 aromatic carbocycles. The molecular formula is C8H11N5O2. The third kappa shape index (κ3) is 1.96. The van der Waals surface area contributed by atoms with Crippen LogP contribution in [0, 0.1) is 0 Å². The third-order valence-electron chi connectivity index (χ3n) is 1.89. The number of fused-ring (bicyclic) bond motifs is 1. The second-order valence-corrected chi connectivity index (χ2v) is 2.94. The fourth-order valence-electron chi connectivity index (χ4n) is 1.13. The van der Waals surface area contributed by atoms with Crippen LogP contribution in [0.3, 0.4) is 0 Å². The van der Waals surface area contributed by atoms with Gasteiger partial charge in [0, 0.05) is 12.6 Å². The van der Waals surface area contributed by atoms with E-state index in [-0.39, 0.29) is 5.69 Å². The summed E-state index contributed by atoms with van der Waals surface area (Å²) in [6, 6.07) is 1.60. The zero-order valence-corrected chi connectivity index (χ0v) is 8.23. The Balaban J connectivity index is 2.20. The van der Waals surface area contributed by atoms with Crippen molar-refractivity contribution in [2.24, 2.45) is 0 Å². The van der Waals surface area contributed by atoms with E-state index in [9.17, 15) is 4.79 Å². The van der Waals surface area contributed by atoms with E-state index in [0.717, 1.165) is 6.54 Å². The third-order valence-corrected chi connectivity index (χ3v) is 1.89. The van der Waals surface area contributed by atoms with Gasteiger partial charge in [0.05, 0.1) is 0 Å². The number of likely N-dealkylation sites (N-methyl/N-ethyl adjacent to an activating group) is 1. The standard InChI is InChI=1S/C8H11N5O2/c1-9-2-3-15-7-4-6-11-12-8(14)13(6)5-10-7/h4-5,9H,2-3H2,1H3,(H,12,14). The molecule has 0 aliphatic rings. The molecule has 7 heteroatoms. The summed E-state index contributed by atoms with van der Waals surface area (Å²) in [5, 5.41) is 9.07. The first-order valence-corrected chi connectivity index (χ1v) is 4.51. The van der Waals surface area contributed by atoms with Crippen molar-refractivity contribution in [3.05, 3.63) is 22.9 Å². The van der Waals surface area contributed by atoms with Crippen molar-refractivity contribution in [2.45, 2.75) is 0 Å². The number of hydrogen-bond donors (Lipinski definition) is 2. The maximum absolute atomic E-state index is 11.1. The number of nitrogens with zero attached hydrogens (tertiary/aromatic N) is 3. The Hall–Kier alpha value is -1.89. The SMILES string of the molecule is CNCCOc1cc2n[nH]c(=O)n2cn1. The summed E-state index contributed by atoms with van der Waals surface area (Å²) in [4.78, 5) is 15.1. The molecule has 15 heavy (non-hydrogen) atoms. The topological polar surface area (TPSA) is 84.3 Å². The highest BCUT2D eigenvalue weighted by atomic mass is 16.5. The first-order valence-electron chi connectivity index (χ1n) is 4.51. The van der Waals surface area contributed by atoms with Crippen molar-refractivity contribution in [3.8, 4) is 5.88 Å². The van der Waals surface area contributed by atoms with Crippen LogP contribution in [0.2, 0.25) is 0 Å². The van der Waals surface area contributed by atoms with Gasteiger partial charge in [0.1, 0.15) is 12.9 Å². The van der Waals surface area contributed by atoms with Gasteiger partial charge in [-0.2, -0.15) is 5.10 Å². The molecule has 2 rings (SSSR count). The lowest BCUT2D eigenvalue weighted by molar-refractivity contribution is 0.306. The monoisotopic (exact) mass is 209 g/mol. The molecule has 0 fully saturated rings. The quantitative estimate of drug-likeness (QED) is 0.632. The van der Waals surface area contributed by atoms with Crippen LogP contribution in [0.25, 0.3) is 5.65 Å². The van der Waals surface area contributed by atoms with Gasteiger partial charge in [-0.15, -0.1) is 0 Å². The molecule has 0 amide bonds. The van der Waals surface area contributed by atoms with Crippen LogP contribution in [-0.2, 0) is 0 Å². The summed E-state index contributed by atoms with van der Waals surface area (Å²) >= 11 is 0. The lowest BCUT2D eigenvalue weighted by Crippen LogP contribution is -2.16. The van der Waals surface area contributed by atoms with E-state index >= 15 is 0 Å². The molecule has 0 bridgehead atoms. The van der Waals surface area contributed by atoms with E-state index in [0.29, 0.717) is 18.1 Å². The zero-order valence-electron chi connectivity index (χ0n) is 8.23. The molecule has 2 heterocycles. The maximum atomic E-state index is 11.1. The van der Waals surface area contributed by atoms with E-state index in [1.807, 2.05) is 7.05 Å². The molecule has 0 aliphatic heterocycles. The predicted molar refractivity (Wildman–Crippen MR) is 53.0 cm³/mol. The lowest BCUT2D eigenvalue weighted by Gasteiger charge is -2.03. The van der Waals surface area contributed by atoms with E-state index < -0.39 is 0 Å². The van der Waals surface area contributed by atoms with Crippen molar-refractivity contribution >= 4 is 5.65 Å². The molecule has 2 aromatic rings. The molecule has 0 atom stereocenters. The van der Waals surface area contributed by atoms with Crippen LogP contribution in [0.15, 0.2) is 17.2 Å². The second-order valence-electron chi connectivity index (χ2n) is 2.94. The smallest absolute Gasteiger partial charge is 0.348 e. The number of rotatable bonds is 4. The van der Waals surface area contributed by atoms with Crippen LogP contribution in [-0.4, -0.2) is 39.8 Å². The number of aromatic amines is 1. The number of H-pyrrole nitrogens is 1. The minimum atomic E-state index is -0.306. The van der Waals surface area contributed by atoms with Gasteiger partial charge in [0.25, 0.3) is 0 Å². The average Bonchev–Trinajstić information content (AvgIpc) is 2.61. The van der Waals surface area contributed by atoms with Crippen molar-refractivity contribution in [2.75, 3.05) is 20.2 Å². The molecule has 2 aromatic heterocycles. The second kappa shape index (κ2) is 4.09. The fourth-order valence-corrected chi connectivity index (χ4v) is 1.13. The molecule has 0 saturated carbocycles. The lowest BCUT2D eigenvalue weighted by atomic mass is 10.6. The Bertz CT molecular complexity index is 503. The number of nitrogens with one attached hydrogen (secondary N) is 2. The number of ether oxygens (including phenoxy) is 1. The van der Waals surface area contributed by atoms with Gasteiger partial charge in [0.15, 0.2) is 5.65 Å². The van der Waals surface area contributed by atoms with Crippen molar-refractivity contribution in [3.63, 3.8) is 0 Å². The summed E-state index contributed by atoms with van der Waals surface area (Å²) in [7, 11) is 1.84. The molecular weight excluding hydrogens is 198 g/mol. The highest BCUT2D eigenvalue weighted by molar-refractivity contribution is 5.38. The molecule has 0 unspecified atom stereocenters. The maximum Gasteiger partial charge on any atom is 0.348 e. The minimum Gasteiger partial charge on any atom is -0.476 e. The minimum absolute atomic E-state index is 0.306. The van der Waals surface area contributed by atoms with E-state index in [1.54, 1.807) is 6.07 Å². The van der Waals surface area contributed by atoms with Crippen molar-refractivity contribution < 1.29 is 4.74 Å². The fraction of sp³-hybridized carbons (Fsp3) is 0.375. The van der Waals surface area contributed by atoms with Gasteiger partial charge >= 0.3 is 5.69 Å². The average molecular weight is 209 g/mol. The number of aromatic nitrogens is 4. The first-order chi connectivity index (χ1) is 7.31.